The van der Waals surface area contributed by atoms with Gasteiger partial charge in [-0.25, -0.2) is 9.97 Å². The van der Waals surface area contributed by atoms with Gasteiger partial charge in [-0.15, -0.1) is 0 Å². The fraction of sp³-hybridized carbons (Fsp3) is 0. The molecule has 4 heteroatoms. The SMILES string of the molecule is Brc1ccc(-c2cccc3c2oc2c(-c4ccccc4-c4cc(-c5ccccc5)nc(-c5ccccc5)n4)cccc23)cc1. The predicted molar refractivity (Wildman–Crippen MR) is 184 cm³/mol. The van der Waals surface area contributed by atoms with Crippen molar-refractivity contribution in [1.29, 1.82) is 0 Å². The molecule has 2 aromatic heterocycles. The van der Waals surface area contributed by atoms with Gasteiger partial charge in [0.15, 0.2) is 5.82 Å². The molecule has 0 bridgehead atoms. The van der Waals surface area contributed by atoms with E-state index >= 15 is 0 Å². The van der Waals surface area contributed by atoms with Crippen LogP contribution in [0.15, 0.2) is 161 Å². The Balaban J connectivity index is 1.34. The van der Waals surface area contributed by atoms with Crippen molar-refractivity contribution in [2.24, 2.45) is 0 Å². The number of nitrogens with zero attached hydrogens (tertiary/aromatic N) is 2. The van der Waals surface area contributed by atoms with Crippen LogP contribution >= 0.6 is 15.9 Å². The molecule has 0 N–H and O–H groups in total. The molecule has 0 aliphatic carbocycles. The Bertz CT molecular complexity index is 2220. The highest BCUT2D eigenvalue weighted by Gasteiger charge is 2.19. The lowest BCUT2D eigenvalue weighted by Crippen LogP contribution is -1.97. The van der Waals surface area contributed by atoms with Crippen molar-refractivity contribution < 1.29 is 4.42 Å². The van der Waals surface area contributed by atoms with Crippen molar-refractivity contribution in [2.45, 2.75) is 0 Å². The van der Waals surface area contributed by atoms with Gasteiger partial charge >= 0.3 is 0 Å². The van der Waals surface area contributed by atoms with Gasteiger partial charge in [-0.2, -0.15) is 0 Å². The second-order valence-corrected chi connectivity index (χ2v) is 11.6. The van der Waals surface area contributed by atoms with Crippen molar-refractivity contribution in [3.63, 3.8) is 0 Å². The predicted octanol–water partition coefficient (Wildman–Crippen LogP) is 11.5. The monoisotopic (exact) mass is 628 g/mol. The minimum atomic E-state index is 0.692. The highest BCUT2D eigenvalue weighted by Crippen LogP contribution is 2.42. The van der Waals surface area contributed by atoms with E-state index in [1.807, 2.05) is 36.4 Å². The standard InChI is InChI=1S/C40H25BrN2O/c41-29-23-21-26(22-24-29)30-17-9-19-34-35-20-10-18-33(39(35)44-38(30)34)31-15-7-8-16-32(31)37-25-36(27-11-3-1-4-12-27)42-40(43-37)28-13-5-2-6-14-28/h1-25H. The minimum absolute atomic E-state index is 0.692. The second kappa shape index (κ2) is 11.1. The van der Waals surface area contributed by atoms with Crippen molar-refractivity contribution in [3.05, 3.63) is 156 Å². The molecule has 0 aliphatic rings. The Labute approximate surface area is 263 Å². The second-order valence-electron chi connectivity index (χ2n) is 10.7. The van der Waals surface area contributed by atoms with Gasteiger partial charge in [0, 0.05) is 43.1 Å². The highest BCUT2D eigenvalue weighted by atomic mass is 79.9. The Morgan fingerprint density at radius 2 is 0.955 bits per heavy atom. The van der Waals surface area contributed by atoms with Gasteiger partial charge in [-0.3, -0.25) is 0 Å². The number of hydrogen-bond donors (Lipinski definition) is 0. The number of hydrogen-bond acceptors (Lipinski definition) is 3. The van der Waals surface area contributed by atoms with Gasteiger partial charge in [0.1, 0.15) is 11.2 Å². The van der Waals surface area contributed by atoms with Crippen molar-refractivity contribution in [1.82, 2.24) is 9.97 Å². The Hall–Kier alpha value is -5.32. The molecule has 0 saturated heterocycles. The molecule has 0 unspecified atom stereocenters. The van der Waals surface area contributed by atoms with Crippen LogP contribution in [0.5, 0.6) is 0 Å². The number of aromatic nitrogens is 2. The van der Waals surface area contributed by atoms with Crippen LogP contribution in [0.3, 0.4) is 0 Å². The molecule has 8 rings (SSSR count). The third-order valence-electron chi connectivity index (χ3n) is 8.00. The summed E-state index contributed by atoms with van der Waals surface area (Å²) in [5, 5.41) is 2.18. The fourth-order valence-electron chi connectivity index (χ4n) is 5.89. The summed E-state index contributed by atoms with van der Waals surface area (Å²) in [6.07, 6.45) is 0. The van der Waals surface area contributed by atoms with E-state index in [2.05, 4.69) is 131 Å². The average molecular weight is 630 g/mol. The molecule has 2 heterocycles. The quantitative estimate of drug-likeness (QED) is 0.190. The number of rotatable bonds is 5. The van der Waals surface area contributed by atoms with Crippen molar-refractivity contribution in [2.75, 3.05) is 0 Å². The average Bonchev–Trinajstić information content (AvgIpc) is 3.49. The molecular formula is C40H25BrN2O. The summed E-state index contributed by atoms with van der Waals surface area (Å²) in [5.41, 5.74) is 10.8. The summed E-state index contributed by atoms with van der Waals surface area (Å²) in [4.78, 5) is 10.1. The third-order valence-corrected chi connectivity index (χ3v) is 8.53. The molecule has 0 radical (unpaired) electrons. The van der Waals surface area contributed by atoms with Gasteiger partial charge < -0.3 is 4.42 Å². The molecule has 0 saturated carbocycles. The first-order valence-corrected chi connectivity index (χ1v) is 15.3. The van der Waals surface area contributed by atoms with E-state index in [0.717, 1.165) is 76.7 Å². The number of benzene rings is 6. The van der Waals surface area contributed by atoms with E-state index in [4.69, 9.17) is 14.4 Å². The lowest BCUT2D eigenvalue weighted by molar-refractivity contribution is 0.671. The van der Waals surface area contributed by atoms with E-state index in [-0.39, 0.29) is 0 Å². The molecule has 0 aliphatic heterocycles. The molecule has 0 spiro atoms. The van der Waals surface area contributed by atoms with Crippen molar-refractivity contribution >= 4 is 37.9 Å². The lowest BCUT2D eigenvalue weighted by atomic mass is 9.95. The van der Waals surface area contributed by atoms with Crippen LogP contribution in [-0.4, -0.2) is 9.97 Å². The van der Waals surface area contributed by atoms with Crippen LogP contribution in [0, 0.1) is 0 Å². The molecule has 8 aromatic rings. The van der Waals surface area contributed by atoms with Crippen LogP contribution in [0.2, 0.25) is 0 Å². The van der Waals surface area contributed by atoms with Crippen LogP contribution in [0.4, 0.5) is 0 Å². The number of furan rings is 1. The van der Waals surface area contributed by atoms with Gasteiger partial charge in [-0.1, -0.05) is 149 Å². The Morgan fingerprint density at radius 3 is 1.66 bits per heavy atom. The largest absolute Gasteiger partial charge is 0.455 e. The highest BCUT2D eigenvalue weighted by molar-refractivity contribution is 9.10. The summed E-state index contributed by atoms with van der Waals surface area (Å²) in [7, 11) is 0. The smallest absolute Gasteiger partial charge is 0.160 e. The third kappa shape index (κ3) is 4.70. The molecular weight excluding hydrogens is 604 g/mol. The number of para-hydroxylation sites is 2. The maximum atomic E-state index is 6.79. The van der Waals surface area contributed by atoms with Crippen LogP contribution in [0.1, 0.15) is 0 Å². The number of halogens is 1. The van der Waals surface area contributed by atoms with E-state index < -0.39 is 0 Å². The molecule has 44 heavy (non-hydrogen) atoms. The van der Waals surface area contributed by atoms with Crippen LogP contribution in [-0.2, 0) is 0 Å². The van der Waals surface area contributed by atoms with E-state index in [1.54, 1.807) is 0 Å². The summed E-state index contributed by atoms with van der Waals surface area (Å²) in [6, 6.07) is 52.1. The normalized spacial score (nSPS) is 11.3. The number of fused-ring (bicyclic) bond motifs is 3. The summed E-state index contributed by atoms with van der Waals surface area (Å²) >= 11 is 3.56. The molecule has 0 fully saturated rings. The zero-order valence-electron chi connectivity index (χ0n) is 23.6. The lowest BCUT2D eigenvalue weighted by Gasteiger charge is -2.13. The molecule has 208 valence electrons. The minimum Gasteiger partial charge on any atom is -0.455 e. The first-order chi connectivity index (χ1) is 21.7. The summed E-state index contributed by atoms with van der Waals surface area (Å²) in [6.45, 7) is 0. The van der Waals surface area contributed by atoms with Crippen LogP contribution in [0.25, 0.3) is 78.1 Å². The molecule has 0 amide bonds. The van der Waals surface area contributed by atoms with Crippen molar-refractivity contribution in [3.8, 4) is 56.2 Å². The summed E-state index contributed by atoms with van der Waals surface area (Å²) < 4.78 is 7.83. The maximum Gasteiger partial charge on any atom is 0.160 e. The Kier molecular flexibility index (Phi) is 6.62. The summed E-state index contributed by atoms with van der Waals surface area (Å²) in [5.74, 6) is 0.692. The molecule has 6 aromatic carbocycles. The molecule has 0 atom stereocenters. The fourth-order valence-corrected chi connectivity index (χ4v) is 6.15. The zero-order chi connectivity index (χ0) is 29.5. The van der Waals surface area contributed by atoms with Crippen LogP contribution < -0.4 is 0 Å². The van der Waals surface area contributed by atoms with Gasteiger partial charge in [-0.05, 0) is 29.3 Å². The van der Waals surface area contributed by atoms with E-state index in [1.165, 1.54) is 0 Å². The van der Waals surface area contributed by atoms with Gasteiger partial charge in [0.25, 0.3) is 0 Å². The zero-order valence-corrected chi connectivity index (χ0v) is 25.2. The van der Waals surface area contributed by atoms with Gasteiger partial charge in [0.2, 0.25) is 0 Å². The van der Waals surface area contributed by atoms with Gasteiger partial charge in [0.05, 0.1) is 11.4 Å². The molecule has 3 nitrogen and oxygen atoms in total. The van der Waals surface area contributed by atoms with E-state index in [0.29, 0.717) is 5.82 Å². The maximum absolute atomic E-state index is 6.79. The topological polar surface area (TPSA) is 38.9 Å². The first-order valence-electron chi connectivity index (χ1n) is 14.5. The first kappa shape index (κ1) is 26.3. The Morgan fingerprint density at radius 1 is 0.409 bits per heavy atom. The van der Waals surface area contributed by atoms with E-state index in [9.17, 15) is 0 Å².